The summed E-state index contributed by atoms with van der Waals surface area (Å²) >= 11 is 0. The SMILES string of the molecule is COC(=O)CCCN(C)CCc1ccc(C)c(C)c1. The lowest BCUT2D eigenvalue weighted by Crippen LogP contribution is -2.23. The van der Waals surface area contributed by atoms with Crippen LogP contribution < -0.4 is 0 Å². The fourth-order valence-electron chi connectivity index (χ4n) is 1.99. The summed E-state index contributed by atoms with van der Waals surface area (Å²) in [6, 6.07) is 6.64. The van der Waals surface area contributed by atoms with E-state index in [1.54, 1.807) is 0 Å². The van der Waals surface area contributed by atoms with Crippen LogP contribution in [0.3, 0.4) is 0 Å². The van der Waals surface area contributed by atoms with E-state index in [0.717, 1.165) is 25.9 Å². The van der Waals surface area contributed by atoms with Gasteiger partial charge in [-0.1, -0.05) is 18.2 Å². The second kappa shape index (κ2) is 7.95. The summed E-state index contributed by atoms with van der Waals surface area (Å²) in [6.45, 7) is 6.24. The molecule has 0 unspecified atom stereocenters. The smallest absolute Gasteiger partial charge is 0.305 e. The summed E-state index contributed by atoms with van der Waals surface area (Å²) in [7, 11) is 3.53. The number of benzene rings is 1. The largest absolute Gasteiger partial charge is 0.469 e. The highest BCUT2D eigenvalue weighted by atomic mass is 16.5. The Hall–Kier alpha value is -1.35. The Kier molecular flexibility index (Phi) is 6.57. The quantitative estimate of drug-likeness (QED) is 0.708. The Morgan fingerprint density at radius 1 is 1.21 bits per heavy atom. The molecule has 3 nitrogen and oxygen atoms in total. The summed E-state index contributed by atoms with van der Waals surface area (Å²) in [5.41, 5.74) is 4.07. The highest BCUT2D eigenvalue weighted by Crippen LogP contribution is 2.10. The molecule has 0 aliphatic rings. The molecule has 0 saturated heterocycles. The molecule has 0 heterocycles. The van der Waals surface area contributed by atoms with Crippen molar-refractivity contribution in [2.24, 2.45) is 0 Å². The third kappa shape index (κ3) is 5.88. The van der Waals surface area contributed by atoms with Crippen molar-refractivity contribution >= 4 is 5.97 Å². The Labute approximate surface area is 116 Å². The topological polar surface area (TPSA) is 29.5 Å². The maximum absolute atomic E-state index is 11.0. The van der Waals surface area contributed by atoms with Gasteiger partial charge in [-0.3, -0.25) is 4.79 Å². The van der Waals surface area contributed by atoms with Gasteiger partial charge >= 0.3 is 5.97 Å². The first-order valence-electron chi connectivity index (χ1n) is 6.84. The summed E-state index contributed by atoms with van der Waals surface area (Å²) < 4.78 is 4.63. The van der Waals surface area contributed by atoms with E-state index < -0.39 is 0 Å². The average molecular weight is 263 g/mol. The van der Waals surface area contributed by atoms with Gasteiger partial charge in [0.1, 0.15) is 0 Å². The predicted molar refractivity (Wildman–Crippen MR) is 78.4 cm³/mol. The van der Waals surface area contributed by atoms with Crippen LogP contribution in [0.2, 0.25) is 0 Å². The molecule has 1 aromatic rings. The van der Waals surface area contributed by atoms with Crippen LogP contribution >= 0.6 is 0 Å². The summed E-state index contributed by atoms with van der Waals surface area (Å²) in [5.74, 6) is -0.123. The van der Waals surface area contributed by atoms with E-state index in [1.165, 1.54) is 23.8 Å². The lowest BCUT2D eigenvalue weighted by molar-refractivity contribution is -0.140. The number of esters is 1. The molecule has 0 aliphatic carbocycles. The highest BCUT2D eigenvalue weighted by Gasteiger charge is 2.04. The monoisotopic (exact) mass is 263 g/mol. The van der Waals surface area contributed by atoms with Crippen LogP contribution in [0.25, 0.3) is 0 Å². The predicted octanol–water partition coefficient (Wildman–Crippen LogP) is 2.73. The van der Waals surface area contributed by atoms with E-state index in [0.29, 0.717) is 6.42 Å². The molecule has 106 valence electrons. The van der Waals surface area contributed by atoms with E-state index in [2.05, 4.69) is 48.7 Å². The van der Waals surface area contributed by atoms with Gasteiger partial charge in [-0.2, -0.15) is 0 Å². The van der Waals surface area contributed by atoms with Gasteiger partial charge in [-0.15, -0.1) is 0 Å². The molecular formula is C16H25NO2. The van der Waals surface area contributed by atoms with Crippen LogP contribution in [-0.2, 0) is 16.0 Å². The fourth-order valence-corrected chi connectivity index (χ4v) is 1.99. The minimum absolute atomic E-state index is 0.123. The van der Waals surface area contributed by atoms with Crippen LogP contribution in [-0.4, -0.2) is 38.1 Å². The van der Waals surface area contributed by atoms with E-state index in [-0.39, 0.29) is 5.97 Å². The average Bonchev–Trinajstić information content (AvgIpc) is 2.40. The molecule has 0 amide bonds. The van der Waals surface area contributed by atoms with Crippen molar-refractivity contribution in [3.63, 3.8) is 0 Å². The molecule has 0 bridgehead atoms. The number of methoxy groups -OCH3 is 1. The number of aryl methyl sites for hydroxylation is 2. The molecule has 3 heteroatoms. The Morgan fingerprint density at radius 2 is 1.95 bits per heavy atom. The minimum atomic E-state index is -0.123. The van der Waals surface area contributed by atoms with Gasteiger partial charge in [0.25, 0.3) is 0 Å². The number of likely N-dealkylation sites (N-methyl/N-ethyl adjacent to an activating group) is 1. The molecule has 0 fully saturated rings. The zero-order valence-electron chi connectivity index (χ0n) is 12.5. The molecule has 0 aromatic heterocycles. The maximum Gasteiger partial charge on any atom is 0.305 e. The van der Waals surface area contributed by atoms with Crippen molar-refractivity contribution in [2.75, 3.05) is 27.2 Å². The fraction of sp³-hybridized carbons (Fsp3) is 0.562. The van der Waals surface area contributed by atoms with E-state index in [9.17, 15) is 4.79 Å². The molecule has 0 N–H and O–H groups in total. The molecule has 0 saturated carbocycles. The lowest BCUT2D eigenvalue weighted by Gasteiger charge is -2.16. The molecular weight excluding hydrogens is 238 g/mol. The zero-order valence-corrected chi connectivity index (χ0v) is 12.5. The van der Waals surface area contributed by atoms with Gasteiger partial charge in [-0.05, 0) is 57.0 Å². The van der Waals surface area contributed by atoms with Gasteiger partial charge < -0.3 is 9.64 Å². The van der Waals surface area contributed by atoms with Crippen LogP contribution in [0.5, 0.6) is 0 Å². The number of hydrogen-bond donors (Lipinski definition) is 0. The highest BCUT2D eigenvalue weighted by molar-refractivity contribution is 5.69. The summed E-state index contributed by atoms with van der Waals surface area (Å²) in [4.78, 5) is 13.3. The van der Waals surface area contributed by atoms with E-state index in [4.69, 9.17) is 0 Å². The van der Waals surface area contributed by atoms with Crippen LogP contribution in [0.1, 0.15) is 29.5 Å². The van der Waals surface area contributed by atoms with Gasteiger partial charge in [0, 0.05) is 13.0 Å². The normalized spacial score (nSPS) is 10.8. The number of carbonyl (C=O) groups excluding carboxylic acids is 1. The Balaban J connectivity index is 2.27. The summed E-state index contributed by atoms with van der Waals surface area (Å²) in [6.07, 6.45) is 2.41. The van der Waals surface area contributed by atoms with Crippen LogP contribution in [0.4, 0.5) is 0 Å². The lowest BCUT2D eigenvalue weighted by atomic mass is 10.0. The molecule has 19 heavy (non-hydrogen) atoms. The number of ether oxygens (including phenoxy) is 1. The van der Waals surface area contributed by atoms with Crippen molar-refractivity contribution in [3.05, 3.63) is 34.9 Å². The van der Waals surface area contributed by atoms with Gasteiger partial charge in [-0.25, -0.2) is 0 Å². The van der Waals surface area contributed by atoms with Gasteiger partial charge in [0.05, 0.1) is 7.11 Å². The minimum Gasteiger partial charge on any atom is -0.469 e. The third-order valence-electron chi connectivity index (χ3n) is 3.50. The first-order valence-corrected chi connectivity index (χ1v) is 6.84. The number of hydrogen-bond acceptors (Lipinski definition) is 3. The first-order chi connectivity index (χ1) is 9.02. The standard InChI is InChI=1S/C16H25NO2/c1-13-7-8-15(12-14(13)2)9-11-17(3)10-5-6-16(18)19-4/h7-8,12H,5-6,9-11H2,1-4H3. The molecule has 1 rings (SSSR count). The van der Waals surface area contributed by atoms with Gasteiger partial charge in [0.2, 0.25) is 0 Å². The zero-order chi connectivity index (χ0) is 14.3. The second-order valence-corrected chi connectivity index (χ2v) is 5.15. The van der Waals surface area contributed by atoms with Crippen molar-refractivity contribution in [2.45, 2.75) is 33.1 Å². The second-order valence-electron chi connectivity index (χ2n) is 5.15. The summed E-state index contributed by atoms with van der Waals surface area (Å²) in [5, 5.41) is 0. The Morgan fingerprint density at radius 3 is 2.58 bits per heavy atom. The molecule has 0 spiro atoms. The van der Waals surface area contributed by atoms with E-state index >= 15 is 0 Å². The first kappa shape index (κ1) is 15.7. The molecule has 0 aliphatic heterocycles. The van der Waals surface area contributed by atoms with Crippen molar-refractivity contribution in [3.8, 4) is 0 Å². The molecule has 0 atom stereocenters. The van der Waals surface area contributed by atoms with Crippen molar-refractivity contribution < 1.29 is 9.53 Å². The third-order valence-corrected chi connectivity index (χ3v) is 3.50. The molecule has 1 aromatic carbocycles. The van der Waals surface area contributed by atoms with Crippen molar-refractivity contribution in [1.29, 1.82) is 0 Å². The number of carbonyl (C=O) groups is 1. The van der Waals surface area contributed by atoms with E-state index in [1.807, 2.05) is 0 Å². The molecule has 0 radical (unpaired) electrons. The Bertz CT molecular complexity index is 415. The van der Waals surface area contributed by atoms with Crippen molar-refractivity contribution in [1.82, 2.24) is 4.90 Å². The van der Waals surface area contributed by atoms with Crippen LogP contribution in [0.15, 0.2) is 18.2 Å². The van der Waals surface area contributed by atoms with Crippen LogP contribution in [0, 0.1) is 13.8 Å². The number of rotatable bonds is 7. The maximum atomic E-state index is 11.0. The number of nitrogens with zero attached hydrogens (tertiary/aromatic N) is 1. The van der Waals surface area contributed by atoms with Gasteiger partial charge in [0.15, 0.2) is 0 Å².